The van der Waals surface area contributed by atoms with Crippen LogP contribution in [0, 0.1) is 0 Å². The molecule has 18 heteroatoms. The molecule has 2 fully saturated rings. The maximum atomic E-state index is 12.2. The molecule has 0 amide bonds. The van der Waals surface area contributed by atoms with Gasteiger partial charge in [0.25, 0.3) is 0 Å². The third-order valence-corrected chi connectivity index (χ3v) is 6.61. The van der Waals surface area contributed by atoms with E-state index in [0.29, 0.717) is 0 Å². The molecule has 0 aliphatic carbocycles. The first-order valence-corrected chi connectivity index (χ1v) is 14.1. The number of ether oxygens (including phenoxy) is 10. The number of halogens is 1. The molecule has 2 aliphatic rings. The van der Waals surface area contributed by atoms with Gasteiger partial charge in [0, 0.05) is 48.5 Å². The van der Waals surface area contributed by atoms with Crippen molar-refractivity contribution in [3.8, 4) is 0 Å². The molecule has 0 aromatic rings. The highest BCUT2D eigenvalue weighted by Crippen LogP contribution is 2.36. The molecule has 0 radical (unpaired) electrons. The Hall–Kier alpha value is -3.35. The van der Waals surface area contributed by atoms with Gasteiger partial charge in [0.2, 0.25) is 0 Å². The smallest absolute Gasteiger partial charge is 0.303 e. The molecule has 10 atom stereocenters. The number of hydrogen-bond donors (Lipinski definition) is 0. The number of carbonyl (C=O) groups excluding carboxylic acids is 7. The molecule has 0 N–H and O–H groups in total. The summed E-state index contributed by atoms with van der Waals surface area (Å²) in [6.07, 6.45) is -13.2. The molecule has 0 aromatic heterocycles. The van der Waals surface area contributed by atoms with Crippen molar-refractivity contribution in [2.24, 2.45) is 0 Å². The lowest BCUT2D eigenvalue weighted by Gasteiger charge is -2.48. The average Bonchev–Trinajstić information content (AvgIpc) is 2.87. The number of esters is 7. The van der Waals surface area contributed by atoms with Crippen molar-refractivity contribution >= 4 is 57.7 Å². The molecule has 2 aliphatic heterocycles. The Kier molecular flexibility index (Phi) is 13.9. The normalized spacial score (nSPS) is 31.5. The highest BCUT2D eigenvalue weighted by molar-refractivity contribution is 9.09. The molecule has 0 aromatic carbocycles. The van der Waals surface area contributed by atoms with Gasteiger partial charge in [-0.2, -0.15) is 0 Å². The van der Waals surface area contributed by atoms with Crippen LogP contribution in [0.2, 0.25) is 0 Å². The monoisotopic (exact) mass is 698 g/mol. The summed E-state index contributed by atoms with van der Waals surface area (Å²) in [5, 5.41) is -1.09. The van der Waals surface area contributed by atoms with Gasteiger partial charge in [-0.05, 0) is 0 Å². The van der Waals surface area contributed by atoms with E-state index < -0.39 is 115 Å². The van der Waals surface area contributed by atoms with Gasteiger partial charge in [-0.3, -0.25) is 33.6 Å². The largest absolute Gasteiger partial charge is 0.463 e. The summed E-state index contributed by atoms with van der Waals surface area (Å²) in [5.41, 5.74) is 0. The SMILES string of the molecule is CC(=O)OCC1OC(Br)[C@@H](OC(C)=O)C(OC(C)=O)[C@@H]1OC1OC(COC(C)=O)[C@H](OC(C)=O)C(OC(C)=O)[C@H]1OC(C)=O. The van der Waals surface area contributed by atoms with Crippen LogP contribution >= 0.6 is 15.9 Å². The van der Waals surface area contributed by atoms with Gasteiger partial charge in [-0.25, -0.2) is 0 Å². The highest BCUT2D eigenvalue weighted by atomic mass is 79.9. The second-order valence-corrected chi connectivity index (χ2v) is 10.5. The van der Waals surface area contributed by atoms with Crippen molar-refractivity contribution in [2.45, 2.75) is 109 Å². The third kappa shape index (κ3) is 11.0. The molecule has 0 spiro atoms. The van der Waals surface area contributed by atoms with Gasteiger partial charge in [-0.1, -0.05) is 15.9 Å². The molecule has 2 heterocycles. The van der Waals surface area contributed by atoms with Crippen LogP contribution in [0.4, 0.5) is 0 Å². The van der Waals surface area contributed by atoms with E-state index in [1.807, 2.05) is 0 Å². The van der Waals surface area contributed by atoms with Crippen molar-refractivity contribution in [2.75, 3.05) is 13.2 Å². The van der Waals surface area contributed by atoms with E-state index >= 15 is 0 Å². The maximum absolute atomic E-state index is 12.2. The van der Waals surface area contributed by atoms with Crippen LogP contribution in [0.1, 0.15) is 48.5 Å². The number of rotatable bonds is 11. The molecule has 248 valence electrons. The molecule has 0 bridgehead atoms. The molecule has 44 heavy (non-hydrogen) atoms. The molecule has 17 nitrogen and oxygen atoms in total. The van der Waals surface area contributed by atoms with Gasteiger partial charge < -0.3 is 47.4 Å². The van der Waals surface area contributed by atoms with Crippen LogP contribution in [0.3, 0.4) is 0 Å². The Balaban J connectivity index is 2.66. The summed E-state index contributed by atoms with van der Waals surface area (Å²) in [6.45, 7) is 6.57. The lowest BCUT2D eigenvalue weighted by molar-refractivity contribution is -0.341. The summed E-state index contributed by atoms with van der Waals surface area (Å²) in [4.78, 5) is 83.8. The Morgan fingerprint density at radius 2 is 0.841 bits per heavy atom. The molecular weight excluding hydrogens is 664 g/mol. The minimum atomic E-state index is -1.73. The maximum Gasteiger partial charge on any atom is 0.303 e. The van der Waals surface area contributed by atoms with Crippen molar-refractivity contribution in [3.63, 3.8) is 0 Å². The van der Waals surface area contributed by atoms with Crippen molar-refractivity contribution in [3.05, 3.63) is 0 Å². The van der Waals surface area contributed by atoms with Crippen molar-refractivity contribution in [1.82, 2.24) is 0 Å². The molecular formula is C26H35BrO17. The molecule has 2 rings (SSSR count). The molecule has 6 unspecified atom stereocenters. The average molecular weight is 699 g/mol. The van der Waals surface area contributed by atoms with E-state index in [2.05, 4.69) is 15.9 Å². The number of hydrogen-bond acceptors (Lipinski definition) is 17. The summed E-state index contributed by atoms with van der Waals surface area (Å²) >= 11 is 3.23. The summed E-state index contributed by atoms with van der Waals surface area (Å²) in [6, 6.07) is 0. The van der Waals surface area contributed by atoms with Crippen LogP contribution in [-0.4, -0.2) is 115 Å². The number of alkyl halides is 1. The lowest BCUT2D eigenvalue weighted by atomic mass is 9.96. The summed E-state index contributed by atoms with van der Waals surface area (Å²) in [5.74, 6) is -5.63. The zero-order chi connectivity index (χ0) is 33.3. The lowest BCUT2D eigenvalue weighted by Crippen LogP contribution is -2.66. The van der Waals surface area contributed by atoms with Crippen molar-refractivity contribution < 1.29 is 80.9 Å². The van der Waals surface area contributed by atoms with Gasteiger partial charge in [0.1, 0.15) is 31.5 Å². The Morgan fingerprint density at radius 1 is 0.477 bits per heavy atom. The van der Waals surface area contributed by atoms with Crippen molar-refractivity contribution in [1.29, 1.82) is 0 Å². The van der Waals surface area contributed by atoms with Crippen LogP contribution in [0.25, 0.3) is 0 Å². The topological polar surface area (TPSA) is 212 Å². The third-order valence-electron chi connectivity index (χ3n) is 5.87. The first kappa shape index (κ1) is 36.8. The fourth-order valence-corrected chi connectivity index (χ4v) is 5.15. The highest BCUT2D eigenvalue weighted by Gasteiger charge is 2.57. The second-order valence-electron chi connectivity index (χ2n) is 9.64. The van der Waals surface area contributed by atoms with Crippen LogP contribution in [0.15, 0.2) is 0 Å². The van der Waals surface area contributed by atoms with E-state index in [9.17, 15) is 33.6 Å². The van der Waals surface area contributed by atoms with Gasteiger partial charge in [0.15, 0.2) is 41.8 Å². The first-order valence-electron chi connectivity index (χ1n) is 13.2. The van der Waals surface area contributed by atoms with Gasteiger partial charge >= 0.3 is 41.8 Å². The minimum Gasteiger partial charge on any atom is -0.463 e. The predicted octanol–water partition coefficient (Wildman–Crippen LogP) is 0.00100. The minimum absolute atomic E-state index is 0.460. The van der Waals surface area contributed by atoms with Crippen LogP contribution in [0.5, 0.6) is 0 Å². The summed E-state index contributed by atoms with van der Waals surface area (Å²) in [7, 11) is 0. The zero-order valence-corrected chi connectivity index (χ0v) is 26.6. The number of carbonyl (C=O) groups is 7. The van der Waals surface area contributed by atoms with E-state index in [1.54, 1.807) is 0 Å². The van der Waals surface area contributed by atoms with Gasteiger partial charge in [-0.15, -0.1) is 0 Å². The van der Waals surface area contributed by atoms with Crippen LogP contribution in [-0.2, 0) is 80.9 Å². The predicted molar refractivity (Wildman–Crippen MR) is 142 cm³/mol. The Bertz CT molecular complexity index is 1090. The summed E-state index contributed by atoms with van der Waals surface area (Å²) < 4.78 is 55.2. The second kappa shape index (κ2) is 16.6. The Morgan fingerprint density at radius 3 is 1.27 bits per heavy atom. The zero-order valence-electron chi connectivity index (χ0n) is 25.0. The standard InChI is InChI=1S/C26H35BrO17/c1-10(28)35-8-17-20(21(38-13(4)31)23(25(27)42-17)40-15(6)33)44-26-24(41-16(7)34)22(39-14(5)32)19(37-12(3)30)18(43-26)9-36-11(2)29/h17-26H,8-9H2,1-7H3/t17?,18?,19-,20+,21?,22?,23-,24+,25?,26?/m0/s1. The fourth-order valence-electron chi connectivity index (χ4n) is 4.46. The quantitative estimate of drug-likeness (QED) is 0.158. The molecule has 0 saturated carbocycles. The van der Waals surface area contributed by atoms with E-state index in [-0.39, 0.29) is 0 Å². The van der Waals surface area contributed by atoms with Gasteiger partial charge in [0.05, 0.1) is 0 Å². The first-order chi connectivity index (χ1) is 20.5. The fraction of sp³-hybridized carbons (Fsp3) is 0.731. The van der Waals surface area contributed by atoms with E-state index in [4.69, 9.17) is 47.4 Å². The Labute approximate surface area is 260 Å². The van der Waals surface area contributed by atoms with E-state index in [1.165, 1.54) is 0 Å². The van der Waals surface area contributed by atoms with Crippen LogP contribution < -0.4 is 0 Å². The molecule has 2 saturated heterocycles. The van der Waals surface area contributed by atoms with E-state index in [0.717, 1.165) is 48.5 Å².